The summed E-state index contributed by atoms with van der Waals surface area (Å²) in [6.07, 6.45) is 64.2. The number of allylic oxidation sites excluding steroid dienone is 14. The van der Waals surface area contributed by atoms with Gasteiger partial charge in [-0.05, 0) is 77.0 Å². The van der Waals surface area contributed by atoms with Crippen molar-refractivity contribution >= 4 is 17.9 Å². The normalized spacial score (nSPS) is 12.8. The number of unbranched alkanes of at least 4 members (excludes halogenated alkanes) is 23. The molecule has 0 amide bonds. The van der Waals surface area contributed by atoms with Gasteiger partial charge in [-0.1, -0.05) is 221 Å². The van der Waals surface area contributed by atoms with E-state index in [-0.39, 0.29) is 31.1 Å². The lowest BCUT2D eigenvalue weighted by Crippen LogP contribution is -2.30. The third-order valence-electron chi connectivity index (χ3n) is 10.7. The molecule has 0 aliphatic carbocycles. The molecule has 0 aromatic carbocycles. The van der Waals surface area contributed by atoms with Crippen LogP contribution in [0.4, 0.5) is 0 Å². The first-order valence-electron chi connectivity index (χ1n) is 25.6. The summed E-state index contributed by atoms with van der Waals surface area (Å²) in [4.78, 5) is 37.9. The lowest BCUT2D eigenvalue weighted by atomic mass is 10.0. The highest BCUT2D eigenvalue weighted by molar-refractivity contribution is 5.71. The van der Waals surface area contributed by atoms with E-state index in [0.717, 1.165) is 103 Å². The van der Waals surface area contributed by atoms with Crippen LogP contribution in [0.2, 0.25) is 0 Å². The Balaban J connectivity index is 4.46. The predicted octanol–water partition coefficient (Wildman–Crippen LogP) is 16.8. The molecule has 0 aliphatic heterocycles. The Hall–Kier alpha value is -3.41. The standard InChI is InChI=1S/C56H94O6/c1-4-7-10-13-16-19-22-25-27-28-29-30-32-34-37-40-43-46-49-55(58)61-52-53(51-60-54(57)48-45-42-39-36-33-24-21-18-15-12-9-6-3)62-56(59)50-47-44-41-38-35-31-26-23-20-17-14-11-8-5-2/h9,12,16,18-19,21-22,25,27-30,33,36,53H,4-8,10-11,13-15,17,20,23-24,26,31-32,34-35,37-52H2,1-3H3/b12-9-,19-16-,21-18-,25-22-,28-27-,30-29-,36-33-. The van der Waals surface area contributed by atoms with Gasteiger partial charge < -0.3 is 14.2 Å². The van der Waals surface area contributed by atoms with E-state index in [1.165, 1.54) is 89.9 Å². The van der Waals surface area contributed by atoms with Crippen molar-refractivity contribution in [2.24, 2.45) is 0 Å². The summed E-state index contributed by atoms with van der Waals surface area (Å²) in [5.74, 6) is -0.960. The highest BCUT2D eigenvalue weighted by atomic mass is 16.6. The zero-order chi connectivity index (χ0) is 45.1. The molecule has 0 fully saturated rings. The van der Waals surface area contributed by atoms with Crippen molar-refractivity contribution < 1.29 is 28.6 Å². The number of carbonyl (C=O) groups is 3. The van der Waals surface area contributed by atoms with E-state index < -0.39 is 6.10 Å². The van der Waals surface area contributed by atoms with Gasteiger partial charge in [0.15, 0.2) is 6.10 Å². The highest BCUT2D eigenvalue weighted by Gasteiger charge is 2.19. The molecule has 62 heavy (non-hydrogen) atoms. The summed E-state index contributed by atoms with van der Waals surface area (Å²) < 4.78 is 16.7. The Morgan fingerprint density at radius 3 is 1.19 bits per heavy atom. The molecule has 0 aliphatic rings. The fourth-order valence-corrected chi connectivity index (χ4v) is 6.88. The van der Waals surface area contributed by atoms with Gasteiger partial charge in [-0.3, -0.25) is 14.4 Å². The van der Waals surface area contributed by atoms with Crippen LogP contribution in [0.25, 0.3) is 0 Å². The molecule has 354 valence electrons. The van der Waals surface area contributed by atoms with Gasteiger partial charge in [-0.15, -0.1) is 0 Å². The van der Waals surface area contributed by atoms with Crippen molar-refractivity contribution in [1.82, 2.24) is 0 Å². The summed E-state index contributed by atoms with van der Waals surface area (Å²) in [6.45, 7) is 6.43. The van der Waals surface area contributed by atoms with E-state index in [9.17, 15) is 14.4 Å². The van der Waals surface area contributed by atoms with Crippen LogP contribution in [0.15, 0.2) is 85.1 Å². The Morgan fingerprint density at radius 2 is 0.694 bits per heavy atom. The Bertz CT molecular complexity index is 1220. The lowest BCUT2D eigenvalue weighted by Gasteiger charge is -2.18. The SMILES string of the molecule is CC/C=C\C/C=C\C/C=C\CCCCC(=O)OCC(COC(=O)CCCCCCC\C=C/C=C\C=C/C=C\CCCCC)OC(=O)CCCCCCCCCCCCCCCC. The van der Waals surface area contributed by atoms with E-state index in [2.05, 4.69) is 106 Å². The number of ether oxygens (including phenoxy) is 3. The monoisotopic (exact) mass is 863 g/mol. The molecule has 0 radical (unpaired) electrons. The lowest BCUT2D eigenvalue weighted by molar-refractivity contribution is -0.167. The average Bonchev–Trinajstić information content (AvgIpc) is 3.27. The minimum absolute atomic E-state index is 0.100. The largest absolute Gasteiger partial charge is 0.462 e. The fraction of sp³-hybridized carbons (Fsp3) is 0.696. The van der Waals surface area contributed by atoms with Gasteiger partial charge in [0.05, 0.1) is 0 Å². The quantitative estimate of drug-likeness (QED) is 0.0199. The van der Waals surface area contributed by atoms with Crippen LogP contribution in [-0.4, -0.2) is 37.2 Å². The second kappa shape index (κ2) is 50.2. The van der Waals surface area contributed by atoms with Crippen LogP contribution in [0.3, 0.4) is 0 Å². The van der Waals surface area contributed by atoms with Crippen LogP contribution in [0, 0.1) is 0 Å². The minimum atomic E-state index is -0.799. The second-order valence-corrected chi connectivity index (χ2v) is 16.8. The number of rotatable bonds is 45. The topological polar surface area (TPSA) is 78.9 Å². The predicted molar refractivity (Wildman–Crippen MR) is 265 cm³/mol. The number of hydrogen-bond acceptors (Lipinski definition) is 6. The van der Waals surface area contributed by atoms with E-state index in [1.54, 1.807) is 0 Å². The molecule has 0 rings (SSSR count). The van der Waals surface area contributed by atoms with Crippen LogP contribution in [0.1, 0.15) is 233 Å². The van der Waals surface area contributed by atoms with E-state index in [4.69, 9.17) is 14.2 Å². The first kappa shape index (κ1) is 58.6. The zero-order valence-electron chi connectivity index (χ0n) is 40.4. The Labute approximate surface area is 382 Å². The van der Waals surface area contributed by atoms with Crippen molar-refractivity contribution in [3.05, 3.63) is 85.1 Å². The van der Waals surface area contributed by atoms with Crippen LogP contribution < -0.4 is 0 Å². The Morgan fingerprint density at radius 1 is 0.355 bits per heavy atom. The van der Waals surface area contributed by atoms with Gasteiger partial charge in [-0.2, -0.15) is 0 Å². The molecule has 0 heterocycles. The fourth-order valence-electron chi connectivity index (χ4n) is 6.88. The number of hydrogen-bond donors (Lipinski definition) is 0. The van der Waals surface area contributed by atoms with E-state index in [0.29, 0.717) is 19.3 Å². The van der Waals surface area contributed by atoms with Gasteiger partial charge in [0.1, 0.15) is 13.2 Å². The molecule has 0 bridgehead atoms. The summed E-state index contributed by atoms with van der Waals surface area (Å²) in [5.41, 5.74) is 0. The minimum Gasteiger partial charge on any atom is -0.462 e. The van der Waals surface area contributed by atoms with Crippen molar-refractivity contribution in [1.29, 1.82) is 0 Å². The molecule has 0 N–H and O–H groups in total. The Kier molecular flexibility index (Phi) is 47.5. The summed E-state index contributed by atoms with van der Waals surface area (Å²) in [6, 6.07) is 0. The van der Waals surface area contributed by atoms with Crippen LogP contribution in [-0.2, 0) is 28.6 Å². The van der Waals surface area contributed by atoms with Gasteiger partial charge in [0, 0.05) is 19.3 Å². The highest BCUT2D eigenvalue weighted by Crippen LogP contribution is 2.15. The van der Waals surface area contributed by atoms with E-state index in [1.807, 2.05) is 0 Å². The van der Waals surface area contributed by atoms with Crippen molar-refractivity contribution in [3.63, 3.8) is 0 Å². The van der Waals surface area contributed by atoms with Crippen LogP contribution in [0.5, 0.6) is 0 Å². The summed E-state index contributed by atoms with van der Waals surface area (Å²) in [5, 5.41) is 0. The smallest absolute Gasteiger partial charge is 0.306 e. The van der Waals surface area contributed by atoms with Crippen molar-refractivity contribution in [2.45, 2.75) is 239 Å². The first-order valence-corrected chi connectivity index (χ1v) is 25.6. The average molecular weight is 863 g/mol. The van der Waals surface area contributed by atoms with Crippen LogP contribution >= 0.6 is 0 Å². The van der Waals surface area contributed by atoms with Gasteiger partial charge in [0.2, 0.25) is 0 Å². The van der Waals surface area contributed by atoms with Gasteiger partial charge >= 0.3 is 17.9 Å². The molecular formula is C56H94O6. The van der Waals surface area contributed by atoms with Crippen molar-refractivity contribution in [2.75, 3.05) is 13.2 Å². The molecule has 0 saturated heterocycles. The maximum absolute atomic E-state index is 12.8. The zero-order valence-corrected chi connectivity index (χ0v) is 40.4. The molecule has 1 atom stereocenters. The molecule has 1 unspecified atom stereocenters. The summed E-state index contributed by atoms with van der Waals surface area (Å²) in [7, 11) is 0. The van der Waals surface area contributed by atoms with Crippen molar-refractivity contribution in [3.8, 4) is 0 Å². The molecule has 0 saturated carbocycles. The van der Waals surface area contributed by atoms with E-state index >= 15 is 0 Å². The first-order chi connectivity index (χ1) is 30.5. The second-order valence-electron chi connectivity index (χ2n) is 16.8. The van der Waals surface area contributed by atoms with Gasteiger partial charge in [0.25, 0.3) is 0 Å². The molecule has 6 nitrogen and oxygen atoms in total. The number of carbonyl (C=O) groups excluding carboxylic acids is 3. The van der Waals surface area contributed by atoms with Gasteiger partial charge in [-0.25, -0.2) is 0 Å². The summed E-state index contributed by atoms with van der Waals surface area (Å²) >= 11 is 0. The maximum atomic E-state index is 12.8. The third-order valence-corrected chi connectivity index (χ3v) is 10.7. The molecule has 0 spiro atoms. The molecule has 6 heteroatoms. The molecular weight excluding hydrogens is 769 g/mol. The number of esters is 3. The third kappa shape index (κ3) is 47.6. The molecule has 0 aromatic heterocycles. The maximum Gasteiger partial charge on any atom is 0.306 e. The molecule has 0 aromatic rings.